The Hall–Kier alpha value is -1.45. The van der Waals surface area contributed by atoms with Crippen molar-refractivity contribution in [2.24, 2.45) is 20.0 Å². The van der Waals surface area contributed by atoms with E-state index >= 15 is 0 Å². The molecule has 0 N–H and O–H groups in total. The van der Waals surface area contributed by atoms with Crippen molar-refractivity contribution >= 4 is 10.0 Å². The fourth-order valence-electron chi connectivity index (χ4n) is 2.60. The van der Waals surface area contributed by atoms with Gasteiger partial charge >= 0.3 is 5.69 Å². The maximum absolute atomic E-state index is 13.1. The molecule has 9 heteroatoms. The molecule has 0 radical (unpaired) electrons. The second-order valence-electron chi connectivity index (χ2n) is 6.53. The zero-order valence-electron chi connectivity index (χ0n) is 16.0. The molecule has 0 fully saturated rings. The van der Waals surface area contributed by atoms with Crippen LogP contribution in [0.3, 0.4) is 0 Å². The summed E-state index contributed by atoms with van der Waals surface area (Å²) in [6.07, 6.45) is 1.12. The van der Waals surface area contributed by atoms with Crippen molar-refractivity contribution in [2.45, 2.75) is 32.6 Å². The molecule has 1 aromatic heterocycles. The fourth-order valence-corrected chi connectivity index (χ4v) is 4.34. The van der Waals surface area contributed by atoms with Crippen LogP contribution in [-0.2, 0) is 24.1 Å². The molecule has 8 nitrogen and oxygen atoms in total. The van der Waals surface area contributed by atoms with E-state index in [9.17, 15) is 18.0 Å². The summed E-state index contributed by atoms with van der Waals surface area (Å²) in [7, 11) is -1.27. The third-order valence-electron chi connectivity index (χ3n) is 4.16. The van der Waals surface area contributed by atoms with Crippen molar-refractivity contribution in [3.63, 3.8) is 0 Å². The fraction of sp³-hybridized carbons (Fsp3) is 0.750. The Labute approximate surface area is 149 Å². The molecule has 0 aliphatic rings. The molecule has 0 bridgehead atoms. The zero-order chi connectivity index (χ0) is 19.4. The molecule has 1 aromatic rings. The van der Waals surface area contributed by atoms with Gasteiger partial charge < -0.3 is 9.47 Å². The number of rotatable bonds is 9. The summed E-state index contributed by atoms with van der Waals surface area (Å²) in [5, 5.41) is 0. The van der Waals surface area contributed by atoms with Crippen LogP contribution < -0.4 is 11.2 Å². The standard InChI is InChI=1S/C16H30N4O4S/c1-7-19(8-2)9-10-20(11-13(3)4)25(23,24)14-12-17(5)16(22)18(6)15(14)21/h12-13H,7-11H2,1-6H3. The molecule has 144 valence electrons. The molecule has 0 amide bonds. The summed E-state index contributed by atoms with van der Waals surface area (Å²) in [5.74, 6) is 0.114. The topological polar surface area (TPSA) is 84.6 Å². The van der Waals surface area contributed by atoms with Gasteiger partial charge in [-0.05, 0) is 19.0 Å². The Morgan fingerprint density at radius 3 is 2.12 bits per heavy atom. The van der Waals surface area contributed by atoms with Gasteiger partial charge in [0.25, 0.3) is 5.56 Å². The molecule has 0 atom stereocenters. The average Bonchev–Trinajstić information content (AvgIpc) is 2.55. The molecule has 0 unspecified atom stereocenters. The smallest absolute Gasteiger partial charge is 0.303 e. The van der Waals surface area contributed by atoms with Gasteiger partial charge in [0.05, 0.1) is 0 Å². The lowest BCUT2D eigenvalue weighted by Gasteiger charge is -2.27. The van der Waals surface area contributed by atoms with Crippen molar-refractivity contribution in [3.05, 3.63) is 27.0 Å². The van der Waals surface area contributed by atoms with E-state index in [2.05, 4.69) is 4.90 Å². The van der Waals surface area contributed by atoms with E-state index in [0.717, 1.165) is 28.4 Å². The Morgan fingerprint density at radius 2 is 1.64 bits per heavy atom. The minimum absolute atomic E-state index is 0.114. The van der Waals surface area contributed by atoms with Gasteiger partial charge in [-0.15, -0.1) is 0 Å². The maximum Gasteiger partial charge on any atom is 0.330 e. The highest BCUT2D eigenvalue weighted by Gasteiger charge is 2.29. The third-order valence-corrected chi connectivity index (χ3v) is 6.01. The molecular formula is C16H30N4O4S. The number of hydrogen-bond acceptors (Lipinski definition) is 5. The number of sulfonamides is 1. The van der Waals surface area contributed by atoms with Gasteiger partial charge in [-0.1, -0.05) is 27.7 Å². The van der Waals surface area contributed by atoms with Crippen molar-refractivity contribution < 1.29 is 8.42 Å². The summed E-state index contributed by atoms with van der Waals surface area (Å²) >= 11 is 0. The third kappa shape index (κ3) is 5.02. The largest absolute Gasteiger partial charge is 0.330 e. The van der Waals surface area contributed by atoms with Crippen LogP contribution >= 0.6 is 0 Å². The van der Waals surface area contributed by atoms with Crippen LogP contribution in [-0.4, -0.2) is 59.5 Å². The minimum Gasteiger partial charge on any atom is -0.303 e. The summed E-state index contributed by atoms with van der Waals surface area (Å²) in [5.41, 5.74) is -1.35. The van der Waals surface area contributed by atoms with E-state index in [1.54, 1.807) is 0 Å². The van der Waals surface area contributed by atoms with Gasteiger partial charge in [-0.3, -0.25) is 9.36 Å². The van der Waals surface area contributed by atoms with Crippen molar-refractivity contribution in [1.29, 1.82) is 0 Å². The van der Waals surface area contributed by atoms with Crippen molar-refractivity contribution in [3.8, 4) is 0 Å². The Balaban J connectivity index is 3.33. The molecular weight excluding hydrogens is 344 g/mol. The van der Waals surface area contributed by atoms with Gasteiger partial charge in [0.1, 0.15) is 0 Å². The second kappa shape index (κ2) is 8.77. The quantitative estimate of drug-likeness (QED) is 0.611. The molecule has 1 rings (SSSR count). The van der Waals surface area contributed by atoms with Gasteiger partial charge in [0.2, 0.25) is 10.0 Å². The minimum atomic E-state index is -3.99. The normalized spacial score (nSPS) is 12.5. The Bertz CT molecular complexity index is 791. The lowest BCUT2D eigenvalue weighted by atomic mass is 10.2. The molecule has 25 heavy (non-hydrogen) atoms. The van der Waals surface area contributed by atoms with Crippen LogP contribution in [0.4, 0.5) is 0 Å². The van der Waals surface area contributed by atoms with Crippen LogP contribution in [0, 0.1) is 5.92 Å². The van der Waals surface area contributed by atoms with E-state index in [-0.39, 0.29) is 10.8 Å². The monoisotopic (exact) mass is 374 g/mol. The van der Waals surface area contributed by atoms with Crippen molar-refractivity contribution in [2.75, 3.05) is 32.7 Å². The first-order valence-corrected chi connectivity index (χ1v) is 9.99. The Kier molecular flexibility index (Phi) is 7.58. The number of nitrogens with zero attached hydrogens (tertiary/aromatic N) is 4. The molecule has 0 aromatic carbocycles. The molecule has 0 aliphatic heterocycles. The maximum atomic E-state index is 13.1. The zero-order valence-corrected chi connectivity index (χ0v) is 16.8. The summed E-state index contributed by atoms with van der Waals surface area (Å²) in [6, 6.07) is 0. The van der Waals surface area contributed by atoms with Crippen LogP contribution in [0.2, 0.25) is 0 Å². The molecule has 0 saturated heterocycles. The Morgan fingerprint density at radius 1 is 1.08 bits per heavy atom. The number of aryl methyl sites for hydroxylation is 1. The van der Waals surface area contributed by atoms with E-state index in [1.807, 2.05) is 27.7 Å². The first-order valence-electron chi connectivity index (χ1n) is 8.55. The van der Waals surface area contributed by atoms with Crippen LogP contribution in [0.15, 0.2) is 20.7 Å². The van der Waals surface area contributed by atoms with Gasteiger partial charge in [-0.2, -0.15) is 4.31 Å². The number of hydrogen-bond donors (Lipinski definition) is 0. The summed E-state index contributed by atoms with van der Waals surface area (Å²) in [4.78, 5) is 25.9. The molecule has 1 heterocycles. The molecule has 0 spiro atoms. The van der Waals surface area contributed by atoms with Gasteiger partial charge in [-0.25, -0.2) is 13.2 Å². The number of likely N-dealkylation sites (N-methyl/N-ethyl adjacent to an activating group) is 1. The first-order chi connectivity index (χ1) is 11.6. The second-order valence-corrected chi connectivity index (χ2v) is 8.44. The predicted molar refractivity (Wildman–Crippen MR) is 98.3 cm³/mol. The number of aromatic nitrogens is 2. The molecule has 0 aliphatic carbocycles. The van der Waals surface area contributed by atoms with E-state index in [4.69, 9.17) is 0 Å². The van der Waals surface area contributed by atoms with E-state index < -0.39 is 21.3 Å². The lowest BCUT2D eigenvalue weighted by Crippen LogP contribution is -2.45. The van der Waals surface area contributed by atoms with Gasteiger partial charge in [0, 0.05) is 39.9 Å². The van der Waals surface area contributed by atoms with Crippen molar-refractivity contribution in [1.82, 2.24) is 18.3 Å². The average molecular weight is 375 g/mol. The SMILES string of the molecule is CCN(CC)CCN(CC(C)C)S(=O)(=O)c1cn(C)c(=O)n(C)c1=O. The van der Waals surface area contributed by atoms with Crippen LogP contribution in [0.1, 0.15) is 27.7 Å². The van der Waals surface area contributed by atoms with Gasteiger partial charge in [0.15, 0.2) is 4.90 Å². The lowest BCUT2D eigenvalue weighted by molar-refractivity contribution is 0.262. The highest BCUT2D eigenvalue weighted by atomic mass is 32.2. The summed E-state index contributed by atoms with van der Waals surface area (Å²) in [6.45, 7) is 10.8. The van der Waals surface area contributed by atoms with E-state index in [1.165, 1.54) is 18.4 Å². The van der Waals surface area contributed by atoms with Crippen LogP contribution in [0.5, 0.6) is 0 Å². The first kappa shape index (κ1) is 21.6. The summed E-state index contributed by atoms with van der Waals surface area (Å²) < 4.78 is 29.4. The predicted octanol–water partition coefficient (Wildman–Crippen LogP) is 0.0725. The van der Waals surface area contributed by atoms with E-state index in [0.29, 0.717) is 19.6 Å². The molecule has 0 saturated carbocycles. The highest BCUT2D eigenvalue weighted by molar-refractivity contribution is 7.89. The highest BCUT2D eigenvalue weighted by Crippen LogP contribution is 2.13. The van der Waals surface area contributed by atoms with Crippen LogP contribution in [0.25, 0.3) is 0 Å².